The number of amides is 2. The highest BCUT2D eigenvalue weighted by Crippen LogP contribution is 2.42. The fourth-order valence-electron chi connectivity index (χ4n) is 6.19. The summed E-state index contributed by atoms with van der Waals surface area (Å²) in [5.74, 6) is -4.14. The van der Waals surface area contributed by atoms with Gasteiger partial charge in [-0.3, -0.25) is 19.1 Å². The molecule has 0 aromatic carbocycles. The molecule has 4 heterocycles. The predicted octanol–water partition coefficient (Wildman–Crippen LogP) is 3.56. The molecule has 3 N–H and O–H groups in total. The van der Waals surface area contributed by atoms with Crippen LogP contribution in [0.15, 0.2) is 30.7 Å². The van der Waals surface area contributed by atoms with Gasteiger partial charge >= 0.3 is 12.1 Å². The number of fused-ring (bicyclic) bond motifs is 1. The molecule has 11 nitrogen and oxygen atoms in total. The Kier molecular flexibility index (Phi) is 7.99. The highest BCUT2D eigenvalue weighted by molar-refractivity contribution is 6.02. The quantitative estimate of drug-likeness (QED) is 0.341. The van der Waals surface area contributed by atoms with E-state index in [-0.39, 0.29) is 17.4 Å². The molecule has 3 aromatic heterocycles. The topological polar surface area (TPSA) is 144 Å². The molecule has 2 aliphatic rings. The number of halogens is 3. The maximum atomic E-state index is 13.5. The molecule has 3 atom stereocenters. The number of nitrogens with one attached hydrogen (secondary N) is 2. The number of carboxylic acids is 1. The lowest BCUT2D eigenvalue weighted by molar-refractivity contribution is -0.194. The van der Waals surface area contributed by atoms with Gasteiger partial charge in [-0.1, -0.05) is 19.8 Å². The Morgan fingerprint density at radius 3 is 2.64 bits per heavy atom. The molecule has 14 heteroatoms. The fourth-order valence-corrected chi connectivity index (χ4v) is 6.19. The van der Waals surface area contributed by atoms with Crippen molar-refractivity contribution in [1.29, 1.82) is 0 Å². The average molecular weight is 590 g/mol. The molecule has 0 bridgehead atoms. The van der Waals surface area contributed by atoms with Gasteiger partial charge < -0.3 is 15.7 Å². The van der Waals surface area contributed by atoms with Gasteiger partial charge in [0.25, 0.3) is 5.91 Å². The van der Waals surface area contributed by atoms with Crippen molar-refractivity contribution in [2.45, 2.75) is 71.1 Å². The van der Waals surface area contributed by atoms with Crippen molar-refractivity contribution in [3.05, 3.63) is 47.7 Å². The number of hydrogen-bond acceptors (Lipinski definition) is 6. The maximum absolute atomic E-state index is 13.5. The third-order valence-electron chi connectivity index (χ3n) is 8.70. The summed E-state index contributed by atoms with van der Waals surface area (Å²) in [5.41, 5.74) is -0.716. The summed E-state index contributed by atoms with van der Waals surface area (Å²) in [6, 6.07) is 2.75. The minimum absolute atomic E-state index is 0.119. The van der Waals surface area contributed by atoms with E-state index in [1.807, 2.05) is 6.92 Å². The second-order valence-electron chi connectivity index (χ2n) is 11.6. The molecular weight excluding hydrogens is 555 g/mol. The molecule has 0 spiro atoms. The Labute approximate surface area is 239 Å². The van der Waals surface area contributed by atoms with E-state index in [1.165, 1.54) is 16.8 Å². The van der Waals surface area contributed by atoms with Gasteiger partial charge in [0, 0.05) is 19.3 Å². The lowest BCUT2D eigenvalue weighted by Crippen LogP contribution is -2.57. The van der Waals surface area contributed by atoms with E-state index in [9.17, 15) is 32.7 Å². The van der Waals surface area contributed by atoms with Gasteiger partial charge in [-0.05, 0) is 62.1 Å². The van der Waals surface area contributed by atoms with Gasteiger partial charge in [-0.15, -0.1) is 0 Å². The Morgan fingerprint density at radius 1 is 1.24 bits per heavy atom. The van der Waals surface area contributed by atoms with Crippen LogP contribution in [0.1, 0.15) is 73.7 Å². The number of aryl methyl sites for hydroxylation is 1. The van der Waals surface area contributed by atoms with Crippen LogP contribution < -0.4 is 10.6 Å². The van der Waals surface area contributed by atoms with Gasteiger partial charge in [0.2, 0.25) is 5.91 Å². The Hall–Kier alpha value is -3.97. The van der Waals surface area contributed by atoms with Crippen LogP contribution in [0.3, 0.4) is 0 Å². The van der Waals surface area contributed by atoms with Crippen LogP contribution in [-0.4, -0.2) is 60.0 Å². The number of aromatic nitrogens is 5. The fraction of sp³-hybridized carbons (Fsp3) is 0.571. The summed E-state index contributed by atoms with van der Waals surface area (Å²) < 4.78 is 43.6. The van der Waals surface area contributed by atoms with E-state index >= 15 is 0 Å². The summed E-state index contributed by atoms with van der Waals surface area (Å²) >= 11 is 0. The second kappa shape index (κ2) is 11.4. The molecule has 3 aromatic rings. The van der Waals surface area contributed by atoms with Crippen LogP contribution in [0.5, 0.6) is 0 Å². The molecule has 0 radical (unpaired) electrons. The van der Waals surface area contributed by atoms with Crippen LogP contribution >= 0.6 is 0 Å². The molecule has 2 fully saturated rings. The SMILES string of the molecule is CCn1nccc1C(=O)N[C@H](c1cn2ncc(CC3(C(=O)O)C[C@@H](C(F)(F)F)CNC3=O)cc2n1)C1CCC(C)CC1. The van der Waals surface area contributed by atoms with Crippen molar-refractivity contribution >= 4 is 23.4 Å². The summed E-state index contributed by atoms with van der Waals surface area (Å²) in [6.45, 7) is 3.96. The lowest BCUT2D eigenvalue weighted by Gasteiger charge is -2.37. The molecule has 5 rings (SSSR count). The summed E-state index contributed by atoms with van der Waals surface area (Å²) in [4.78, 5) is 42.9. The third-order valence-corrected chi connectivity index (χ3v) is 8.70. The molecule has 1 aliphatic carbocycles. The number of nitrogens with zero attached hydrogens (tertiary/aromatic N) is 5. The number of alkyl halides is 3. The smallest absolute Gasteiger partial charge is 0.393 e. The summed E-state index contributed by atoms with van der Waals surface area (Å²) in [6.07, 6.45) is 2.40. The third kappa shape index (κ3) is 5.71. The monoisotopic (exact) mass is 589 g/mol. The number of imidazole rings is 1. The van der Waals surface area contributed by atoms with Crippen molar-refractivity contribution in [2.75, 3.05) is 6.54 Å². The van der Waals surface area contributed by atoms with Crippen molar-refractivity contribution in [2.24, 2.45) is 23.2 Å². The Morgan fingerprint density at radius 2 is 1.98 bits per heavy atom. The van der Waals surface area contributed by atoms with Crippen LogP contribution in [0.25, 0.3) is 5.65 Å². The molecule has 226 valence electrons. The number of rotatable bonds is 8. The average Bonchev–Trinajstić information content (AvgIpc) is 3.59. The lowest BCUT2D eigenvalue weighted by atomic mass is 9.71. The number of hydrogen-bond donors (Lipinski definition) is 3. The van der Waals surface area contributed by atoms with Gasteiger partial charge in [0.05, 0.1) is 30.0 Å². The van der Waals surface area contributed by atoms with Crippen molar-refractivity contribution in [1.82, 2.24) is 35.0 Å². The molecular formula is C28H34F3N7O4. The van der Waals surface area contributed by atoms with Crippen molar-refractivity contribution in [3.63, 3.8) is 0 Å². The minimum Gasteiger partial charge on any atom is -0.480 e. The Balaban J connectivity index is 1.45. The first-order valence-electron chi connectivity index (χ1n) is 14.2. The standard InChI is InChI=1S/C28H34F3N7O4/c1-3-37-21(8-9-33-37)24(39)36-23(18-6-4-16(2)5-7-18)20-15-38-22(35-20)10-17(13-34-38)11-27(26(41)42)12-19(28(29,30)31)14-32-25(27)40/h8-10,13,15-16,18-19,23H,3-7,11-12,14H2,1-2H3,(H,32,40)(H,36,39)(H,41,42)/t16?,18?,19-,23+,27?/m1/s1. The zero-order chi connectivity index (χ0) is 30.2. The maximum Gasteiger partial charge on any atom is 0.393 e. The number of carbonyl (C=O) groups excluding carboxylic acids is 2. The first kappa shape index (κ1) is 29.5. The van der Waals surface area contributed by atoms with E-state index < -0.39 is 54.8 Å². The van der Waals surface area contributed by atoms with E-state index in [4.69, 9.17) is 4.98 Å². The molecule has 1 unspecified atom stereocenters. The molecule has 2 amide bonds. The highest BCUT2D eigenvalue weighted by atomic mass is 19.4. The number of piperidine rings is 1. The van der Waals surface area contributed by atoms with Gasteiger partial charge in [-0.25, -0.2) is 9.50 Å². The van der Waals surface area contributed by atoms with Crippen LogP contribution in [0, 0.1) is 23.2 Å². The van der Waals surface area contributed by atoms with Crippen LogP contribution in [0.4, 0.5) is 13.2 Å². The van der Waals surface area contributed by atoms with Crippen molar-refractivity contribution in [3.8, 4) is 0 Å². The van der Waals surface area contributed by atoms with Crippen LogP contribution in [-0.2, 0) is 22.6 Å². The largest absolute Gasteiger partial charge is 0.480 e. The van der Waals surface area contributed by atoms with Gasteiger partial charge in [0.15, 0.2) is 11.1 Å². The first-order valence-corrected chi connectivity index (χ1v) is 14.2. The number of carboxylic acid groups (broad SMARTS) is 1. The van der Waals surface area contributed by atoms with E-state index in [1.54, 1.807) is 23.1 Å². The predicted molar refractivity (Wildman–Crippen MR) is 143 cm³/mol. The normalized spacial score (nSPS) is 25.6. The molecule has 1 saturated heterocycles. The summed E-state index contributed by atoms with van der Waals surface area (Å²) in [7, 11) is 0. The van der Waals surface area contributed by atoms with E-state index in [0.717, 1.165) is 25.7 Å². The van der Waals surface area contributed by atoms with Crippen LogP contribution in [0.2, 0.25) is 0 Å². The van der Waals surface area contributed by atoms with E-state index in [0.29, 0.717) is 29.5 Å². The highest BCUT2D eigenvalue weighted by Gasteiger charge is 2.56. The summed E-state index contributed by atoms with van der Waals surface area (Å²) in [5, 5.41) is 23.7. The zero-order valence-corrected chi connectivity index (χ0v) is 23.4. The van der Waals surface area contributed by atoms with Crippen molar-refractivity contribution < 1.29 is 32.7 Å². The molecule has 1 saturated carbocycles. The number of aliphatic carboxylic acids is 1. The molecule has 1 aliphatic heterocycles. The second-order valence-corrected chi connectivity index (χ2v) is 11.6. The van der Waals surface area contributed by atoms with Gasteiger partial charge in [0.1, 0.15) is 5.69 Å². The zero-order valence-electron chi connectivity index (χ0n) is 23.4. The van der Waals surface area contributed by atoms with Gasteiger partial charge in [-0.2, -0.15) is 23.4 Å². The number of carbonyl (C=O) groups is 3. The minimum atomic E-state index is -4.65. The Bertz CT molecular complexity index is 1480. The molecule has 42 heavy (non-hydrogen) atoms. The van der Waals surface area contributed by atoms with E-state index in [2.05, 4.69) is 27.8 Å². The first-order chi connectivity index (χ1) is 19.9.